The predicted molar refractivity (Wildman–Crippen MR) is 106 cm³/mol. The fourth-order valence-electron chi connectivity index (χ4n) is 2.80. The van der Waals surface area contributed by atoms with Gasteiger partial charge in [0.15, 0.2) is 11.5 Å². The summed E-state index contributed by atoms with van der Waals surface area (Å²) in [4.78, 5) is 14.4. The molecule has 0 saturated heterocycles. The molecule has 0 spiro atoms. The summed E-state index contributed by atoms with van der Waals surface area (Å²) < 4.78 is 10.9. The molecule has 0 saturated carbocycles. The van der Waals surface area contributed by atoms with Gasteiger partial charge in [0.25, 0.3) is 0 Å². The van der Waals surface area contributed by atoms with Crippen LogP contribution in [-0.2, 0) is 4.79 Å². The van der Waals surface area contributed by atoms with Crippen molar-refractivity contribution in [2.24, 2.45) is 0 Å². The van der Waals surface area contributed by atoms with E-state index >= 15 is 0 Å². The lowest BCUT2D eigenvalue weighted by Gasteiger charge is -2.27. The van der Waals surface area contributed by atoms with Crippen molar-refractivity contribution in [2.75, 3.05) is 30.5 Å². The molecule has 5 nitrogen and oxygen atoms in total. The fraction of sp³-hybridized carbons (Fsp3) is 0.381. The first-order valence-corrected chi connectivity index (χ1v) is 8.97. The number of hydrogen-bond acceptors (Lipinski definition) is 4. The molecule has 0 unspecified atom stereocenters. The Bertz CT molecular complexity index is 699. The number of benzene rings is 2. The molecule has 0 aliphatic heterocycles. The molecule has 0 bridgehead atoms. The second-order valence-corrected chi connectivity index (χ2v) is 6.22. The van der Waals surface area contributed by atoms with Crippen LogP contribution < -0.4 is 19.7 Å². The van der Waals surface area contributed by atoms with Crippen molar-refractivity contribution in [1.29, 1.82) is 0 Å². The molecule has 0 aliphatic carbocycles. The Kier molecular flexibility index (Phi) is 7.33. The number of nitrogens with zero attached hydrogens (tertiary/aromatic N) is 1. The third-order valence-electron chi connectivity index (χ3n) is 4.10. The average molecular weight is 356 g/mol. The molecule has 0 heterocycles. The summed E-state index contributed by atoms with van der Waals surface area (Å²) >= 11 is 0. The summed E-state index contributed by atoms with van der Waals surface area (Å²) in [6.07, 6.45) is 0.271. The maximum atomic E-state index is 12.1. The number of carbonyl (C=O) groups is 1. The summed E-state index contributed by atoms with van der Waals surface area (Å²) in [5.41, 5.74) is 1.94. The van der Waals surface area contributed by atoms with Gasteiger partial charge in [0, 0.05) is 24.0 Å². The first-order chi connectivity index (χ1) is 12.5. The molecule has 2 aromatic carbocycles. The summed E-state index contributed by atoms with van der Waals surface area (Å²) in [6.45, 7) is 7.71. The summed E-state index contributed by atoms with van der Waals surface area (Å²) in [6, 6.07) is 15.8. The number of amides is 1. The van der Waals surface area contributed by atoms with Crippen LogP contribution in [0.3, 0.4) is 0 Å². The van der Waals surface area contributed by atoms with E-state index in [1.54, 1.807) is 7.11 Å². The van der Waals surface area contributed by atoms with Gasteiger partial charge in [0.1, 0.15) is 0 Å². The molecule has 0 aliphatic rings. The van der Waals surface area contributed by atoms with Crippen molar-refractivity contribution in [3.8, 4) is 11.5 Å². The zero-order chi connectivity index (χ0) is 18.9. The summed E-state index contributed by atoms with van der Waals surface area (Å²) in [5, 5.41) is 2.90. The molecule has 2 aromatic rings. The van der Waals surface area contributed by atoms with Crippen molar-refractivity contribution in [1.82, 2.24) is 0 Å². The number of ether oxygens (including phenoxy) is 2. The Hall–Kier alpha value is -2.69. The second-order valence-electron chi connectivity index (χ2n) is 6.22. The van der Waals surface area contributed by atoms with Gasteiger partial charge in [-0.15, -0.1) is 0 Å². The molecular formula is C21H28N2O3. The highest BCUT2D eigenvalue weighted by Crippen LogP contribution is 2.26. The first-order valence-electron chi connectivity index (χ1n) is 8.97. The molecule has 1 N–H and O–H groups in total. The van der Waals surface area contributed by atoms with Crippen LogP contribution in [0.2, 0.25) is 0 Å². The summed E-state index contributed by atoms with van der Waals surface area (Å²) in [5.74, 6) is 1.22. The largest absolute Gasteiger partial charge is 0.493 e. The molecule has 5 heteroatoms. The zero-order valence-electron chi connectivity index (χ0n) is 16.0. The van der Waals surface area contributed by atoms with Gasteiger partial charge in [-0.05, 0) is 57.2 Å². The Morgan fingerprint density at radius 3 is 2.31 bits per heavy atom. The quantitative estimate of drug-likeness (QED) is 0.726. The minimum atomic E-state index is -0.0798. The van der Waals surface area contributed by atoms with Crippen LogP contribution in [0, 0.1) is 0 Å². The van der Waals surface area contributed by atoms with Crippen LogP contribution >= 0.6 is 0 Å². The van der Waals surface area contributed by atoms with Crippen LogP contribution in [0.4, 0.5) is 11.4 Å². The van der Waals surface area contributed by atoms with E-state index in [2.05, 4.69) is 31.0 Å². The van der Waals surface area contributed by atoms with Crippen molar-refractivity contribution >= 4 is 17.3 Å². The number of rotatable bonds is 9. The van der Waals surface area contributed by atoms with Crippen LogP contribution in [0.5, 0.6) is 11.5 Å². The number of carbonyl (C=O) groups excluding carboxylic acids is 1. The molecule has 140 valence electrons. The Labute approximate surface area is 155 Å². The van der Waals surface area contributed by atoms with Crippen LogP contribution in [0.1, 0.15) is 27.2 Å². The lowest BCUT2D eigenvalue weighted by atomic mass is 10.2. The highest BCUT2D eigenvalue weighted by molar-refractivity contribution is 5.91. The van der Waals surface area contributed by atoms with E-state index in [-0.39, 0.29) is 12.3 Å². The van der Waals surface area contributed by atoms with Crippen LogP contribution in [-0.4, -0.2) is 32.2 Å². The van der Waals surface area contributed by atoms with Gasteiger partial charge in [0.05, 0.1) is 20.1 Å². The highest BCUT2D eigenvalue weighted by atomic mass is 16.5. The third kappa shape index (κ3) is 5.41. The van der Waals surface area contributed by atoms with E-state index in [0.29, 0.717) is 24.1 Å². The van der Waals surface area contributed by atoms with E-state index in [0.717, 1.165) is 17.9 Å². The minimum absolute atomic E-state index is 0.0798. The van der Waals surface area contributed by atoms with Gasteiger partial charge in [0.2, 0.25) is 5.91 Å². The van der Waals surface area contributed by atoms with E-state index in [4.69, 9.17) is 9.47 Å². The van der Waals surface area contributed by atoms with Crippen molar-refractivity contribution in [3.05, 3.63) is 48.5 Å². The molecule has 0 radical (unpaired) electrons. The fourth-order valence-corrected chi connectivity index (χ4v) is 2.80. The van der Waals surface area contributed by atoms with Gasteiger partial charge < -0.3 is 19.7 Å². The van der Waals surface area contributed by atoms with Crippen molar-refractivity contribution < 1.29 is 14.3 Å². The van der Waals surface area contributed by atoms with Crippen LogP contribution in [0.15, 0.2) is 48.5 Å². The Morgan fingerprint density at radius 2 is 1.73 bits per heavy atom. The maximum Gasteiger partial charge on any atom is 0.227 e. The maximum absolute atomic E-state index is 12.1. The SMILES string of the molecule is CCN(c1ccc(NC(=O)CCOc2ccccc2OC)cc1)C(C)C. The monoisotopic (exact) mass is 356 g/mol. The Morgan fingerprint density at radius 1 is 1.08 bits per heavy atom. The highest BCUT2D eigenvalue weighted by Gasteiger charge is 2.09. The molecule has 2 rings (SSSR count). The number of methoxy groups -OCH3 is 1. The van der Waals surface area contributed by atoms with Gasteiger partial charge in [-0.3, -0.25) is 4.79 Å². The zero-order valence-corrected chi connectivity index (χ0v) is 16.0. The van der Waals surface area contributed by atoms with E-state index in [9.17, 15) is 4.79 Å². The normalized spacial score (nSPS) is 10.5. The number of anilines is 2. The lowest BCUT2D eigenvalue weighted by Crippen LogP contribution is -2.30. The number of hydrogen-bond donors (Lipinski definition) is 1. The van der Waals surface area contributed by atoms with E-state index < -0.39 is 0 Å². The molecule has 1 amide bonds. The second kappa shape index (κ2) is 9.70. The topological polar surface area (TPSA) is 50.8 Å². The van der Waals surface area contributed by atoms with E-state index in [1.165, 1.54) is 0 Å². The molecule has 0 aromatic heterocycles. The van der Waals surface area contributed by atoms with Gasteiger partial charge in [-0.25, -0.2) is 0 Å². The Balaban J connectivity index is 1.84. The smallest absolute Gasteiger partial charge is 0.227 e. The van der Waals surface area contributed by atoms with Crippen molar-refractivity contribution in [2.45, 2.75) is 33.2 Å². The first kappa shape index (κ1) is 19.6. The third-order valence-corrected chi connectivity index (χ3v) is 4.10. The summed E-state index contributed by atoms with van der Waals surface area (Å²) in [7, 11) is 1.59. The average Bonchev–Trinajstić information content (AvgIpc) is 2.64. The molecular weight excluding hydrogens is 328 g/mol. The molecule has 0 fully saturated rings. The standard InChI is InChI=1S/C21H28N2O3/c1-5-23(16(2)3)18-12-10-17(11-13-18)22-21(24)14-15-26-20-9-7-6-8-19(20)25-4/h6-13,16H,5,14-15H2,1-4H3,(H,22,24). The van der Waals surface area contributed by atoms with Gasteiger partial charge in [-0.2, -0.15) is 0 Å². The number of para-hydroxylation sites is 2. The molecule has 0 atom stereocenters. The minimum Gasteiger partial charge on any atom is -0.493 e. The van der Waals surface area contributed by atoms with Crippen LogP contribution in [0.25, 0.3) is 0 Å². The molecule has 26 heavy (non-hydrogen) atoms. The van der Waals surface area contributed by atoms with Gasteiger partial charge in [-0.1, -0.05) is 12.1 Å². The van der Waals surface area contributed by atoms with Crippen molar-refractivity contribution in [3.63, 3.8) is 0 Å². The predicted octanol–water partition coefficient (Wildman–Crippen LogP) is 4.34. The van der Waals surface area contributed by atoms with Gasteiger partial charge >= 0.3 is 0 Å². The van der Waals surface area contributed by atoms with E-state index in [1.807, 2.05) is 48.5 Å². The number of nitrogens with one attached hydrogen (secondary N) is 1. The lowest BCUT2D eigenvalue weighted by molar-refractivity contribution is -0.116.